The molecule has 0 aliphatic rings. The Kier molecular flexibility index (Phi) is 12.4. The zero-order chi connectivity index (χ0) is 13.6. The Labute approximate surface area is 112 Å². The highest BCUT2D eigenvalue weighted by Gasteiger charge is 2.09. The van der Waals surface area contributed by atoms with Gasteiger partial charge in [0.2, 0.25) is 5.91 Å². The van der Waals surface area contributed by atoms with Crippen LogP contribution in [0.2, 0.25) is 0 Å². The molecular formula is C14H30N2O2. The molecule has 3 N–H and O–H groups in total. The van der Waals surface area contributed by atoms with Crippen molar-refractivity contribution in [2.75, 3.05) is 20.3 Å². The number of amides is 1. The van der Waals surface area contributed by atoms with E-state index < -0.39 is 0 Å². The maximum atomic E-state index is 11.7. The van der Waals surface area contributed by atoms with Gasteiger partial charge in [-0.05, 0) is 12.8 Å². The molecule has 1 atom stereocenters. The van der Waals surface area contributed by atoms with Gasteiger partial charge in [-0.15, -0.1) is 0 Å². The van der Waals surface area contributed by atoms with Gasteiger partial charge in [-0.1, -0.05) is 39.0 Å². The fraction of sp³-hybridized carbons (Fsp3) is 0.929. The standard InChI is InChI=1S/C14H30N2O2/c1-3-4-5-6-7-8-9-14(17)16-13(12-15)10-11-18-2/h13H,3-12,15H2,1-2H3,(H,16,17). The summed E-state index contributed by atoms with van der Waals surface area (Å²) in [6.45, 7) is 3.32. The fourth-order valence-electron chi connectivity index (χ4n) is 1.87. The summed E-state index contributed by atoms with van der Waals surface area (Å²) in [4.78, 5) is 11.7. The van der Waals surface area contributed by atoms with Crippen molar-refractivity contribution in [1.82, 2.24) is 5.32 Å². The molecule has 0 heterocycles. The van der Waals surface area contributed by atoms with Gasteiger partial charge < -0.3 is 15.8 Å². The van der Waals surface area contributed by atoms with Gasteiger partial charge in [0.25, 0.3) is 0 Å². The lowest BCUT2D eigenvalue weighted by molar-refractivity contribution is -0.122. The van der Waals surface area contributed by atoms with Crippen molar-refractivity contribution < 1.29 is 9.53 Å². The first-order chi connectivity index (χ1) is 8.74. The number of carbonyl (C=O) groups excluding carboxylic acids is 1. The molecule has 1 unspecified atom stereocenters. The number of carbonyl (C=O) groups is 1. The van der Waals surface area contributed by atoms with E-state index in [2.05, 4.69) is 12.2 Å². The number of unbranched alkanes of at least 4 members (excludes halogenated alkanes) is 5. The van der Waals surface area contributed by atoms with Crippen LogP contribution in [0.25, 0.3) is 0 Å². The van der Waals surface area contributed by atoms with Gasteiger partial charge in [-0.2, -0.15) is 0 Å². The van der Waals surface area contributed by atoms with E-state index in [0.717, 1.165) is 19.3 Å². The van der Waals surface area contributed by atoms with Gasteiger partial charge in [0, 0.05) is 32.7 Å². The molecule has 18 heavy (non-hydrogen) atoms. The highest BCUT2D eigenvalue weighted by molar-refractivity contribution is 5.76. The fourth-order valence-corrected chi connectivity index (χ4v) is 1.87. The Morgan fingerprint density at radius 2 is 1.89 bits per heavy atom. The van der Waals surface area contributed by atoms with Gasteiger partial charge in [-0.3, -0.25) is 4.79 Å². The molecule has 0 aromatic heterocycles. The molecule has 0 rings (SSSR count). The molecule has 0 aromatic carbocycles. The van der Waals surface area contributed by atoms with Crippen molar-refractivity contribution in [3.63, 3.8) is 0 Å². The number of nitrogens with one attached hydrogen (secondary N) is 1. The van der Waals surface area contributed by atoms with E-state index in [4.69, 9.17) is 10.5 Å². The van der Waals surface area contributed by atoms with Crippen molar-refractivity contribution in [2.45, 2.75) is 64.3 Å². The van der Waals surface area contributed by atoms with Crippen LogP contribution in [0, 0.1) is 0 Å². The minimum Gasteiger partial charge on any atom is -0.385 e. The summed E-state index contributed by atoms with van der Waals surface area (Å²) in [5.41, 5.74) is 5.60. The minimum absolute atomic E-state index is 0.0533. The largest absolute Gasteiger partial charge is 0.385 e. The summed E-state index contributed by atoms with van der Waals surface area (Å²) in [5, 5.41) is 2.96. The lowest BCUT2D eigenvalue weighted by atomic mass is 10.1. The van der Waals surface area contributed by atoms with Crippen LogP contribution in [-0.4, -0.2) is 32.2 Å². The number of hydrogen-bond acceptors (Lipinski definition) is 3. The Hall–Kier alpha value is -0.610. The van der Waals surface area contributed by atoms with E-state index in [1.807, 2.05) is 0 Å². The first-order valence-electron chi connectivity index (χ1n) is 7.23. The summed E-state index contributed by atoms with van der Waals surface area (Å²) < 4.78 is 4.98. The molecule has 0 fully saturated rings. The highest BCUT2D eigenvalue weighted by Crippen LogP contribution is 2.06. The average molecular weight is 258 g/mol. The second-order valence-corrected chi connectivity index (χ2v) is 4.80. The number of nitrogens with two attached hydrogens (primary N) is 1. The lowest BCUT2D eigenvalue weighted by Gasteiger charge is -2.16. The third-order valence-corrected chi connectivity index (χ3v) is 3.08. The summed E-state index contributed by atoms with van der Waals surface area (Å²) in [6, 6.07) is 0.0533. The third kappa shape index (κ3) is 10.5. The Balaban J connectivity index is 3.50. The third-order valence-electron chi connectivity index (χ3n) is 3.08. The quantitative estimate of drug-likeness (QED) is 0.528. The van der Waals surface area contributed by atoms with E-state index >= 15 is 0 Å². The monoisotopic (exact) mass is 258 g/mol. The van der Waals surface area contributed by atoms with Crippen molar-refractivity contribution in [1.29, 1.82) is 0 Å². The predicted octanol–water partition coefficient (Wildman–Crippen LogP) is 2.22. The van der Waals surface area contributed by atoms with Crippen LogP contribution in [-0.2, 0) is 9.53 Å². The zero-order valence-electron chi connectivity index (χ0n) is 12.0. The SMILES string of the molecule is CCCCCCCCC(=O)NC(CN)CCOC. The first kappa shape index (κ1) is 17.4. The van der Waals surface area contributed by atoms with Crippen LogP contribution < -0.4 is 11.1 Å². The van der Waals surface area contributed by atoms with Crippen molar-refractivity contribution in [3.05, 3.63) is 0 Å². The number of methoxy groups -OCH3 is 1. The second kappa shape index (κ2) is 12.8. The zero-order valence-corrected chi connectivity index (χ0v) is 12.0. The highest BCUT2D eigenvalue weighted by atomic mass is 16.5. The first-order valence-corrected chi connectivity index (χ1v) is 7.23. The second-order valence-electron chi connectivity index (χ2n) is 4.80. The molecular weight excluding hydrogens is 228 g/mol. The molecule has 0 radical (unpaired) electrons. The molecule has 1 amide bonds. The van der Waals surface area contributed by atoms with Crippen LogP contribution in [0.5, 0.6) is 0 Å². The number of ether oxygens (including phenoxy) is 1. The van der Waals surface area contributed by atoms with Crippen LogP contribution in [0.1, 0.15) is 58.3 Å². The van der Waals surface area contributed by atoms with Gasteiger partial charge >= 0.3 is 0 Å². The number of rotatable bonds is 12. The summed E-state index contributed by atoms with van der Waals surface area (Å²) in [7, 11) is 1.66. The lowest BCUT2D eigenvalue weighted by Crippen LogP contribution is -2.40. The van der Waals surface area contributed by atoms with Gasteiger partial charge in [-0.25, -0.2) is 0 Å². The minimum atomic E-state index is 0.0533. The number of hydrogen-bond donors (Lipinski definition) is 2. The van der Waals surface area contributed by atoms with Gasteiger partial charge in [0.15, 0.2) is 0 Å². The maximum absolute atomic E-state index is 11.7. The van der Waals surface area contributed by atoms with Gasteiger partial charge in [0.05, 0.1) is 0 Å². The van der Waals surface area contributed by atoms with Crippen LogP contribution in [0.15, 0.2) is 0 Å². The van der Waals surface area contributed by atoms with E-state index in [9.17, 15) is 4.79 Å². The molecule has 108 valence electrons. The average Bonchev–Trinajstić information content (AvgIpc) is 2.38. The van der Waals surface area contributed by atoms with Crippen molar-refractivity contribution in [2.24, 2.45) is 5.73 Å². The predicted molar refractivity (Wildman–Crippen MR) is 75.5 cm³/mol. The Bertz CT molecular complexity index is 198. The Morgan fingerprint density at radius 3 is 2.50 bits per heavy atom. The molecule has 0 bridgehead atoms. The molecule has 0 spiro atoms. The molecule has 0 aliphatic carbocycles. The van der Waals surface area contributed by atoms with Crippen LogP contribution >= 0.6 is 0 Å². The van der Waals surface area contributed by atoms with E-state index in [-0.39, 0.29) is 11.9 Å². The normalized spacial score (nSPS) is 12.4. The molecule has 4 nitrogen and oxygen atoms in total. The van der Waals surface area contributed by atoms with Crippen molar-refractivity contribution in [3.8, 4) is 0 Å². The van der Waals surface area contributed by atoms with E-state index in [1.54, 1.807) is 7.11 Å². The molecule has 0 saturated heterocycles. The van der Waals surface area contributed by atoms with Crippen molar-refractivity contribution >= 4 is 5.91 Å². The van der Waals surface area contributed by atoms with E-state index in [0.29, 0.717) is 19.6 Å². The smallest absolute Gasteiger partial charge is 0.220 e. The molecule has 0 saturated carbocycles. The van der Waals surface area contributed by atoms with E-state index in [1.165, 1.54) is 25.7 Å². The molecule has 4 heteroatoms. The molecule has 0 aromatic rings. The topological polar surface area (TPSA) is 64.4 Å². The Morgan fingerprint density at radius 1 is 1.22 bits per heavy atom. The van der Waals surface area contributed by atoms with Gasteiger partial charge in [0.1, 0.15) is 0 Å². The van der Waals surface area contributed by atoms with Crippen LogP contribution in [0.4, 0.5) is 0 Å². The summed E-state index contributed by atoms with van der Waals surface area (Å²) in [6.07, 6.45) is 8.64. The maximum Gasteiger partial charge on any atom is 0.220 e. The summed E-state index contributed by atoms with van der Waals surface area (Å²) in [5.74, 6) is 0.122. The van der Waals surface area contributed by atoms with Crippen LogP contribution in [0.3, 0.4) is 0 Å². The molecule has 0 aliphatic heterocycles. The summed E-state index contributed by atoms with van der Waals surface area (Å²) >= 11 is 0.